The van der Waals surface area contributed by atoms with Gasteiger partial charge in [0.15, 0.2) is 0 Å². The monoisotopic (exact) mass is 305 g/mol. The molecule has 1 heterocycles. The van der Waals surface area contributed by atoms with Crippen molar-refractivity contribution < 1.29 is 0 Å². The fraction of sp³-hybridized carbons (Fsp3) is 0.400. The molecule has 1 N–H and O–H groups in total. The summed E-state index contributed by atoms with van der Waals surface area (Å²) in [4.78, 5) is 14.7. The number of aromatic nitrogens is 3. The average Bonchev–Trinajstić information content (AvgIpc) is 2.49. The molecule has 1 aromatic heterocycles. The Bertz CT molecular complexity index is 557. The third-order valence-electron chi connectivity index (χ3n) is 3.18. The minimum absolute atomic E-state index is 0.217. The minimum atomic E-state index is 0.217. The van der Waals surface area contributed by atoms with Gasteiger partial charge < -0.3 is 10.2 Å². The van der Waals surface area contributed by atoms with E-state index in [9.17, 15) is 0 Å². The summed E-state index contributed by atoms with van der Waals surface area (Å²) >= 11 is 5.98. The molecule has 5 nitrogen and oxygen atoms in total. The van der Waals surface area contributed by atoms with Crippen LogP contribution in [-0.4, -0.2) is 34.6 Å². The maximum atomic E-state index is 5.98. The predicted octanol–water partition coefficient (Wildman–Crippen LogP) is 3.03. The summed E-state index contributed by atoms with van der Waals surface area (Å²) in [7, 11) is 0. The lowest BCUT2D eigenvalue weighted by Gasteiger charge is -2.18. The SMILES string of the molecule is CCN(CC)c1nc(Cl)nc(NCCc2ccccc2)n1. The predicted molar refractivity (Wildman–Crippen MR) is 87.0 cm³/mol. The molecule has 0 atom stereocenters. The van der Waals surface area contributed by atoms with Gasteiger partial charge >= 0.3 is 0 Å². The van der Waals surface area contributed by atoms with Crippen molar-refractivity contribution in [2.45, 2.75) is 20.3 Å². The largest absolute Gasteiger partial charge is 0.354 e. The summed E-state index contributed by atoms with van der Waals surface area (Å²) in [6.07, 6.45) is 0.907. The average molecular weight is 306 g/mol. The lowest BCUT2D eigenvalue weighted by atomic mass is 10.1. The van der Waals surface area contributed by atoms with Gasteiger partial charge in [0, 0.05) is 19.6 Å². The second-order valence-corrected chi connectivity index (χ2v) is 4.90. The quantitative estimate of drug-likeness (QED) is 0.852. The summed E-state index contributed by atoms with van der Waals surface area (Å²) < 4.78 is 0. The normalized spacial score (nSPS) is 10.4. The van der Waals surface area contributed by atoms with Gasteiger partial charge in [-0.1, -0.05) is 30.3 Å². The Morgan fingerprint density at radius 2 is 1.76 bits per heavy atom. The molecule has 0 spiro atoms. The molecule has 0 fully saturated rings. The third-order valence-corrected chi connectivity index (χ3v) is 3.35. The number of benzene rings is 1. The molecule has 0 aliphatic rings. The van der Waals surface area contributed by atoms with Crippen LogP contribution >= 0.6 is 11.6 Å². The number of nitrogens with one attached hydrogen (secondary N) is 1. The second-order valence-electron chi connectivity index (χ2n) is 4.56. The van der Waals surface area contributed by atoms with Gasteiger partial charge in [0.25, 0.3) is 0 Å². The minimum Gasteiger partial charge on any atom is -0.354 e. The van der Waals surface area contributed by atoms with Crippen LogP contribution in [0.4, 0.5) is 11.9 Å². The summed E-state index contributed by atoms with van der Waals surface area (Å²) in [5.74, 6) is 1.13. The van der Waals surface area contributed by atoms with E-state index in [-0.39, 0.29) is 5.28 Å². The van der Waals surface area contributed by atoms with E-state index in [0.29, 0.717) is 11.9 Å². The van der Waals surface area contributed by atoms with Crippen LogP contribution in [0.25, 0.3) is 0 Å². The van der Waals surface area contributed by atoms with Crippen LogP contribution in [0.2, 0.25) is 5.28 Å². The van der Waals surface area contributed by atoms with Crippen molar-refractivity contribution in [2.75, 3.05) is 29.9 Å². The molecule has 112 valence electrons. The van der Waals surface area contributed by atoms with E-state index in [1.807, 2.05) is 23.1 Å². The maximum Gasteiger partial charge on any atom is 0.231 e. The van der Waals surface area contributed by atoms with Crippen LogP contribution in [-0.2, 0) is 6.42 Å². The molecule has 0 saturated carbocycles. The number of anilines is 2. The Labute approximate surface area is 130 Å². The Morgan fingerprint density at radius 1 is 1.05 bits per heavy atom. The molecule has 0 saturated heterocycles. The highest BCUT2D eigenvalue weighted by Crippen LogP contribution is 2.13. The van der Waals surface area contributed by atoms with Crippen molar-refractivity contribution in [3.8, 4) is 0 Å². The zero-order chi connectivity index (χ0) is 15.1. The lowest BCUT2D eigenvalue weighted by molar-refractivity contribution is 0.810. The number of hydrogen-bond acceptors (Lipinski definition) is 5. The van der Waals surface area contributed by atoms with E-state index >= 15 is 0 Å². The van der Waals surface area contributed by atoms with Gasteiger partial charge in [-0.25, -0.2) is 0 Å². The smallest absolute Gasteiger partial charge is 0.231 e. The standard InChI is InChI=1S/C15H20ClN5/c1-3-21(4-2)15-19-13(16)18-14(20-15)17-11-10-12-8-6-5-7-9-12/h5-9H,3-4,10-11H2,1-2H3,(H,17,18,19,20). The fourth-order valence-electron chi connectivity index (χ4n) is 2.03. The Morgan fingerprint density at radius 3 is 2.43 bits per heavy atom. The Kier molecular flexibility index (Phi) is 5.75. The van der Waals surface area contributed by atoms with Crippen LogP contribution in [0, 0.1) is 0 Å². The van der Waals surface area contributed by atoms with Gasteiger partial charge in [0.1, 0.15) is 0 Å². The highest BCUT2D eigenvalue weighted by atomic mass is 35.5. The fourth-order valence-corrected chi connectivity index (χ4v) is 2.19. The molecule has 0 radical (unpaired) electrons. The van der Waals surface area contributed by atoms with E-state index in [1.54, 1.807) is 0 Å². The van der Waals surface area contributed by atoms with E-state index in [4.69, 9.17) is 11.6 Å². The molecule has 0 unspecified atom stereocenters. The molecule has 0 aliphatic carbocycles. The number of hydrogen-bond donors (Lipinski definition) is 1. The zero-order valence-electron chi connectivity index (χ0n) is 12.4. The molecule has 1 aromatic carbocycles. The van der Waals surface area contributed by atoms with Crippen molar-refractivity contribution in [1.82, 2.24) is 15.0 Å². The molecule has 21 heavy (non-hydrogen) atoms. The van der Waals surface area contributed by atoms with Crippen molar-refractivity contribution in [3.63, 3.8) is 0 Å². The van der Waals surface area contributed by atoms with E-state index in [0.717, 1.165) is 26.1 Å². The summed E-state index contributed by atoms with van der Waals surface area (Å²) in [5.41, 5.74) is 1.27. The Balaban J connectivity index is 1.99. The Hall–Kier alpha value is -1.88. The molecular formula is C15H20ClN5. The van der Waals surface area contributed by atoms with Crippen molar-refractivity contribution in [2.24, 2.45) is 0 Å². The molecular weight excluding hydrogens is 286 g/mol. The van der Waals surface area contributed by atoms with E-state index in [1.165, 1.54) is 5.56 Å². The second kappa shape index (κ2) is 7.78. The van der Waals surface area contributed by atoms with Crippen LogP contribution < -0.4 is 10.2 Å². The molecule has 6 heteroatoms. The third kappa shape index (κ3) is 4.56. The zero-order valence-corrected chi connectivity index (χ0v) is 13.1. The van der Waals surface area contributed by atoms with Crippen molar-refractivity contribution >= 4 is 23.5 Å². The first-order chi connectivity index (χ1) is 10.2. The molecule has 0 aliphatic heterocycles. The van der Waals surface area contributed by atoms with Crippen LogP contribution in [0.3, 0.4) is 0 Å². The van der Waals surface area contributed by atoms with Gasteiger partial charge in [-0.15, -0.1) is 0 Å². The first-order valence-corrected chi connectivity index (χ1v) is 7.55. The van der Waals surface area contributed by atoms with Crippen LogP contribution in [0.5, 0.6) is 0 Å². The summed E-state index contributed by atoms with van der Waals surface area (Å²) in [5, 5.41) is 3.42. The van der Waals surface area contributed by atoms with E-state index < -0.39 is 0 Å². The van der Waals surface area contributed by atoms with Gasteiger partial charge in [-0.05, 0) is 37.4 Å². The molecule has 0 amide bonds. The lowest BCUT2D eigenvalue weighted by Crippen LogP contribution is -2.25. The van der Waals surface area contributed by atoms with Gasteiger partial charge in [-0.2, -0.15) is 15.0 Å². The first-order valence-electron chi connectivity index (χ1n) is 7.17. The first kappa shape index (κ1) is 15.5. The molecule has 2 aromatic rings. The number of halogens is 1. The van der Waals surface area contributed by atoms with Crippen LogP contribution in [0.1, 0.15) is 19.4 Å². The molecule has 2 rings (SSSR count). The summed E-state index contributed by atoms with van der Waals surface area (Å²) in [6, 6.07) is 10.3. The van der Waals surface area contributed by atoms with E-state index in [2.05, 4.69) is 46.2 Å². The maximum absolute atomic E-state index is 5.98. The molecule has 0 bridgehead atoms. The highest BCUT2D eigenvalue weighted by Gasteiger charge is 2.09. The number of nitrogens with zero attached hydrogens (tertiary/aromatic N) is 4. The van der Waals surface area contributed by atoms with Gasteiger partial charge in [0.05, 0.1) is 0 Å². The van der Waals surface area contributed by atoms with Crippen molar-refractivity contribution in [3.05, 3.63) is 41.2 Å². The highest BCUT2D eigenvalue weighted by molar-refractivity contribution is 6.28. The van der Waals surface area contributed by atoms with Gasteiger partial charge in [-0.3, -0.25) is 0 Å². The topological polar surface area (TPSA) is 53.9 Å². The van der Waals surface area contributed by atoms with Crippen LogP contribution in [0.15, 0.2) is 30.3 Å². The summed E-state index contributed by atoms with van der Waals surface area (Å²) in [6.45, 7) is 6.54. The van der Waals surface area contributed by atoms with Gasteiger partial charge in [0.2, 0.25) is 17.2 Å². The number of rotatable bonds is 7. The van der Waals surface area contributed by atoms with Crippen molar-refractivity contribution in [1.29, 1.82) is 0 Å².